The first-order chi connectivity index (χ1) is 7.74. The largest absolute Gasteiger partial charge is 0.479 e. The molecule has 0 aromatic carbocycles. The number of aliphatic hydroxyl groups excluding tert-OH is 1. The van der Waals surface area contributed by atoms with Crippen LogP contribution in [0.5, 0.6) is 0 Å². The topological polar surface area (TPSA) is 95.9 Å². The maximum absolute atomic E-state index is 11.8. The number of carboxylic acid groups (broad SMARTS) is 1. The number of nitrogens with one attached hydrogen (secondary N) is 1. The summed E-state index contributed by atoms with van der Waals surface area (Å²) < 4.78 is 5.12. The van der Waals surface area contributed by atoms with Crippen LogP contribution in [0.3, 0.4) is 0 Å². The van der Waals surface area contributed by atoms with Crippen molar-refractivity contribution in [3.8, 4) is 0 Å². The molecule has 1 amide bonds. The molecule has 3 N–H and O–H groups in total. The number of carbonyl (C=O) groups excluding carboxylic acids is 1. The number of amides is 1. The Bertz CT molecular complexity index is 313. The second-order valence-electron chi connectivity index (χ2n) is 4.92. The third-order valence-electron chi connectivity index (χ3n) is 3.08. The first-order valence-corrected chi connectivity index (χ1v) is 5.62. The van der Waals surface area contributed by atoms with Gasteiger partial charge in [-0.2, -0.15) is 0 Å². The van der Waals surface area contributed by atoms with Crippen LogP contribution in [0.2, 0.25) is 0 Å². The third kappa shape index (κ3) is 3.41. The predicted molar refractivity (Wildman–Crippen MR) is 59.4 cm³/mol. The van der Waals surface area contributed by atoms with E-state index < -0.39 is 29.8 Å². The maximum atomic E-state index is 11.8. The Hall–Kier alpha value is -1.14. The van der Waals surface area contributed by atoms with Crippen LogP contribution in [0, 0.1) is 0 Å². The van der Waals surface area contributed by atoms with Gasteiger partial charge in [-0.3, -0.25) is 4.79 Å². The van der Waals surface area contributed by atoms with Gasteiger partial charge in [0.2, 0.25) is 5.91 Å². The Morgan fingerprint density at radius 2 is 1.88 bits per heavy atom. The van der Waals surface area contributed by atoms with Crippen molar-refractivity contribution in [2.45, 2.75) is 57.5 Å². The smallest absolute Gasteiger partial charge is 0.332 e. The molecule has 6 heteroatoms. The zero-order valence-electron chi connectivity index (χ0n) is 10.3. The van der Waals surface area contributed by atoms with Crippen LogP contribution in [-0.4, -0.2) is 45.9 Å². The van der Waals surface area contributed by atoms with E-state index in [-0.39, 0.29) is 5.91 Å². The van der Waals surface area contributed by atoms with Gasteiger partial charge in [0.25, 0.3) is 0 Å². The molecule has 1 saturated heterocycles. The molecule has 0 saturated carbocycles. The summed E-state index contributed by atoms with van der Waals surface area (Å²) in [6.45, 7) is 4.97. The van der Waals surface area contributed by atoms with Crippen LogP contribution in [0.15, 0.2) is 0 Å². The minimum Gasteiger partial charge on any atom is -0.479 e. The van der Waals surface area contributed by atoms with E-state index in [0.717, 1.165) is 0 Å². The van der Waals surface area contributed by atoms with Crippen LogP contribution >= 0.6 is 0 Å². The van der Waals surface area contributed by atoms with E-state index in [0.29, 0.717) is 12.8 Å². The van der Waals surface area contributed by atoms with Crippen molar-refractivity contribution >= 4 is 11.9 Å². The fourth-order valence-corrected chi connectivity index (χ4v) is 1.51. The molecule has 1 rings (SSSR count). The molecule has 0 bridgehead atoms. The summed E-state index contributed by atoms with van der Waals surface area (Å²) in [5, 5.41) is 20.8. The number of rotatable bonds is 4. The Morgan fingerprint density at radius 1 is 1.35 bits per heavy atom. The molecule has 1 aliphatic heterocycles. The predicted octanol–water partition coefficient (Wildman–Crippen LogP) is -0.106. The Morgan fingerprint density at radius 3 is 2.29 bits per heavy atom. The zero-order valence-corrected chi connectivity index (χ0v) is 10.3. The molecule has 1 unspecified atom stereocenters. The van der Waals surface area contributed by atoms with Crippen LogP contribution in [0.4, 0.5) is 0 Å². The standard InChI is InChI=1S/C11H19NO5/c1-6(13)11(2,3)12-9(14)7-4-5-8(17-7)10(15)16/h6-8,13H,4-5H2,1-3H3,(H,12,14)(H,15,16)/t6?,7-,8+/m0/s1. The summed E-state index contributed by atoms with van der Waals surface area (Å²) in [7, 11) is 0. The average Bonchev–Trinajstić information content (AvgIpc) is 2.65. The first-order valence-electron chi connectivity index (χ1n) is 5.62. The van der Waals surface area contributed by atoms with Gasteiger partial charge in [0.05, 0.1) is 11.6 Å². The van der Waals surface area contributed by atoms with Gasteiger partial charge < -0.3 is 20.3 Å². The molecule has 98 valence electrons. The van der Waals surface area contributed by atoms with Crippen LogP contribution in [0.25, 0.3) is 0 Å². The van der Waals surface area contributed by atoms with Gasteiger partial charge in [0.15, 0.2) is 6.10 Å². The summed E-state index contributed by atoms with van der Waals surface area (Å²) in [6, 6.07) is 0. The summed E-state index contributed by atoms with van der Waals surface area (Å²) in [5.74, 6) is -1.42. The van der Waals surface area contributed by atoms with E-state index in [9.17, 15) is 14.7 Å². The summed E-state index contributed by atoms with van der Waals surface area (Å²) >= 11 is 0. The van der Waals surface area contributed by atoms with Gasteiger partial charge in [-0.1, -0.05) is 0 Å². The van der Waals surface area contributed by atoms with Crippen molar-refractivity contribution in [2.75, 3.05) is 0 Å². The summed E-state index contributed by atoms with van der Waals surface area (Å²) in [4.78, 5) is 22.5. The van der Waals surface area contributed by atoms with Gasteiger partial charge in [0, 0.05) is 0 Å². The number of hydrogen-bond donors (Lipinski definition) is 3. The van der Waals surface area contributed by atoms with Gasteiger partial charge in [-0.05, 0) is 33.6 Å². The summed E-state index contributed by atoms with van der Waals surface area (Å²) in [5.41, 5.74) is -0.762. The highest BCUT2D eigenvalue weighted by molar-refractivity contribution is 5.83. The Labute approximate surface area is 100.0 Å². The number of hydrogen-bond acceptors (Lipinski definition) is 4. The molecule has 0 spiro atoms. The fourth-order valence-electron chi connectivity index (χ4n) is 1.51. The van der Waals surface area contributed by atoms with Crippen molar-refractivity contribution < 1.29 is 24.5 Å². The van der Waals surface area contributed by atoms with Crippen LogP contribution in [-0.2, 0) is 14.3 Å². The van der Waals surface area contributed by atoms with E-state index in [1.807, 2.05) is 0 Å². The van der Waals surface area contributed by atoms with Gasteiger partial charge >= 0.3 is 5.97 Å². The highest BCUT2D eigenvalue weighted by atomic mass is 16.5. The average molecular weight is 245 g/mol. The molecule has 0 radical (unpaired) electrons. The fraction of sp³-hybridized carbons (Fsp3) is 0.818. The summed E-state index contributed by atoms with van der Waals surface area (Å²) in [6.07, 6.45) is -1.63. The lowest BCUT2D eigenvalue weighted by Crippen LogP contribution is -2.53. The molecule has 0 aliphatic carbocycles. The highest BCUT2D eigenvalue weighted by Gasteiger charge is 2.37. The highest BCUT2D eigenvalue weighted by Crippen LogP contribution is 2.21. The van der Waals surface area contributed by atoms with E-state index in [1.165, 1.54) is 0 Å². The van der Waals surface area contributed by atoms with Gasteiger partial charge in [-0.25, -0.2) is 4.79 Å². The Balaban J connectivity index is 2.53. The quantitative estimate of drug-likeness (QED) is 0.642. The van der Waals surface area contributed by atoms with E-state index in [2.05, 4.69) is 5.32 Å². The minimum absolute atomic E-state index is 0.336. The van der Waals surface area contributed by atoms with Crippen molar-refractivity contribution in [2.24, 2.45) is 0 Å². The monoisotopic (exact) mass is 245 g/mol. The van der Waals surface area contributed by atoms with Gasteiger partial charge in [0.1, 0.15) is 6.10 Å². The lowest BCUT2D eigenvalue weighted by Gasteiger charge is -2.30. The molecule has 1 aliphatic rings. The number of aliphatic carboxylic acids is 1. The lowest BCUT2D eigenvalue weighted by molar-refractivity contribution is -0.152. The number of aliphatic hydroxyl groups is 1. The lowest BCUT2D eigenvalue weighted by atomic mass is 9.98. The normalized spacial score (nSPS) is 26.6. The van der Waals surface area contributed by atoms with Gasteiger partial charge in [-0.15, -0.1) is 0 Å². The van der Waals surface area contributed by atoms with E-state index >= 15 is 0 Å². The molecular formula is C11H19NO5. The molecule has 1 fully saturated rings. The third-order valence-corrected chi connectivity index (χ3v) is 3.08. The number of carbonyl (C=O) groups is 2. The van der Waals surface area contributed by atoms with E-state index in [1.54, 1.807) is 20.8 Å². The minimum atomic E-state index is -1.05. The maximum Gasteiger partial charge on any atom is 0.332 e. The molecular weight excluding hydrogens is 226 g/mol. The Kier molecular flexibility index (Phi) is 4.11. The van der Waals surface area contributed by atoms with Crippen molar-refractivity contribution in [3.05, 3.63) is 0 Å². The second-order valence-corrected chi connectivity index (χ2v) is 4.92. The molecule has 6 nitrogen and oxygen atoms in total. The SMILES string of the molecule is CC(O)C(C)(C)NC(=O)[C@@H]1CC[C@H](C(=O)O)O1. The molecule has 3 atom stereocenters. The molecule has 0 aromatic rings. The number of ether oxygens (including phenoxy) is 1. The second kappa shape index (κ2) is 5.01. The van der Waals surface area contributed by atoms with Crippen LogP contribution < -0.4 is 5.32 Å². The van der Waals surface area contributed by atoms with E-state index in [4.69, 9.17) is 9.84 Å². The molecule has 0 aromatic heterocycles. The molecule has 1 heterocycles. The van der Waals surface area contributed by atoms with Crippen LogP contribution in [0.1, 0.15) is 33.6 Å². The van der Waals surface area contributed by atoms with Crippen molar-refractivity contribution in [1.29, 1.82) is 0 Å². The zero-order chi connectivity index (χ0) is 13.2. The van der Waals surface area contributed by atoms with Crippen molar-refractivity contribution in [3.63, 3.8) is 0 Å². The first kappa shape index (κ1) is 13.9. The molecule has 17 heavy (non-hydrogen) atoms. The van der Waals surface area contributed by atoms with Crippen molar-refractivity contribution in [1.82, 2.24) is 5.32 Å². The number of carboxylic acids is 1.